The van der Waals surface area contributed by atoms with Gasteiger partial charge in [-0.2, -0.15) is 0 Å². The van der Waals surface area contributed by atoms with Crippen LogP contribution in [-0.4, -0.2) is 24.6 Å². The van der Waals surface area contributed by atoms with Gasteiger partial charge in [0.2, 0.25) is 0 Å². The molecule has 0 N–H and O–H groups in total. The van der Waals surface area contributed by atoms with Crippen LogP contribution in [0, 0.1) is 6.92 Å². The summed E-state index contributed by atoms with van der Waals surface area (Å²) in [5.74, 6) is 0.701. The number of aromatic nitrogens is 5. The highest BCUT2D eigenvalue weighted by Gasteiger charge is 2.15. The first-order valence-electron chi connectivity index (χ1n) is 12.9. The predicted octanol–water partition coefficient (Wildman–Crippen LogP) is 7.70. The molecular formula is C33H25N5. The Bertz CT molecular complexity index is 1970. The maximum Gasteiger partial charge on any atom is 0.182 e. The SMILES string of the molecule is CCc1cc(-c2cccc(-c3nc4c(-c5ccccc5)cccn4n3)c2)c2ccc3ccc(C)nc3c2n1. The third-order valence-corrected chi connectivity index (χ3v) is 7.07. The molecule has 4 aromatic heterocycles. The van der Waals surface area contributed by atoms with E-state index in [-0.39, 0.29) is 0 Å². The summed E-state index contributed by atoms with van der Waals surface area (Å²) in [6.45, 7) is 4.17. The number of fused-ring (bicyclic) bond motifs is 4. The molecule has 0 aliphatic heterocycles. The summed E-state index contributed by atoms with van der Waals surface area (Å²) >= 11 is 0. The second-order valence-electron chi connectivity index (χ2n) is 9.57. The fourth-order valence-corrected chi connectivity index (χ4v) is 5.14. The third kappa shape index (κ3) is 3.71. The number of aryl methyl sites for hydroxylation is 2. The van der Waals surface area contributed by atoms with E-state index in [0.717, 1.165) is 73.1 Å². The molecule has 5 nitrogen and oxygen atoms in total. The summed E-state index contributed by atoms with van der Waals surface area (Å²) in [5.41, 5.74) is 10.2. The van der Waals surface area contributed by atoms with Crippen molar-refractivity contribution in [2.45, 2.75) is 20.3 Å². The molecule has 0 aliphatic rings. The Balaban J connectivity index is 1.40. The first kappa shape index (κ1) is 22.3. The van der Waals surface area contributed by atoms with Gasteiger partial charge in [0.05, 0.1) is 11.0 Å². The predicted molar refractivity (Wildman–Crippen MR) is 154 cm³/mol. The minimum atomic E-state index is 0.701. The standard InChI is InChI=1S/C33H25N5/c1-3-26-20-29(28-17-16-23-15-14-21(2)34-30(23)31(28)35-26)24-11-7-12-25(19-24)32-36-33-27(13-8-18-38(33)37-32)22-9-5-4-6-10-22/h4-20H,3H2,1-2H3. The van der Waals surface area contributed by atoms with Crippen LogP contribution in [0.4, 0.5) is 0 Å². The highest BCUT2D eigenvalue weighted by Crippen LogP contribution is 2.34. The highest BCUT2D eigenvalue weighted by molar-refractivity contribution is 6.08. The highest BCUT2D eigenvalue weighted by atomic mass is 15.3. The third-order valence-electron chi connectivity index (χ3n) is 7.07. The number of hydrogen-bond acceptors (Lipinski definition) is 4. The lowest BCUT2D eigenvalue weighted by atomic mass is 9.96. The zero-order chi connectivity index (χ0) is 25.6. The smallest absolute Gasteiger partial charge is 0.182 e. The van der Waals surface area contributed by atoms with E-state index in [1.165, 1.54) is 0 Å². The summed E-state index contributed by atoms with van der Waals surface area (Å²) in [4.78, 5) is 14.8. The molecular weight excluding hydrogens is 466 g/mol. The van der Waals surface area contributed by atoms with Crippen LogP contribution < -0.4 is 0 Å². The molecule has 182 valence electrons. The first-order chi connectivity index (χ1) is 18.7. The van der Waals surface area contributed by atoms with Crippen molar-refractivity contribution in [3.8, 4) is 33.6 Å². The number of benzene rings is 3. The van der Waals surface area contributed by atoms with E-state index < -0.39 is 0 Å². The van der Waals surface area contributed by atoms with Crippen molar-refractivity contribution in [3.05, 3.63) is 115 Å². The van der Waals surface area contributed by atoms with Crippen LogP contribution >= 0.6 is 0 Å². The van der Waals surface area contributed by atoms with Crippen molar-refractivity contribution in [2.24, 2.45) is 0 Å². The minimum Gasteiger partial charge on any atom is -0.251 e. The normalized spacial score (nSPS) is 11.5. The fraction of sp³-hybridized carbons (Fsp3) is 0.0909. The maximum atomic E-state index is 5.01. The maximum absolute atomic E-state index is 5.01. The van der Waals surface area contributed by atoms with Crippen LogP contribution in [0.15, 0.2) is 103 Å². The lowest BCUT2D eigenvalue weighted by Gasteiger charge is -2.12. The first-order valence-corrected chi connectivity index (χ1v) is 12.9. The van der Waals surface area contributed by atoms with Gasteiger partial charge in [0.25, 0.3) is 0 Å². The minimum absolute atomic E-state index is 0.701. The van der Waals surface area contributed by atoms with Gasteiger partial charge in [-0.25, -0.2) is 9.50 Å². The van der Waals surface area contributed by atoms with E-state index >= 15 is 0 Å². The molecule has 0 saturated heterocycles. The average Bonchev–Trinajstić information content (AvgIpc) is 3.42. The quantitative estimate of drug-likeness (QED) is 0.237. The van der Waals surface area contributed by atoms with Gasteiger partial charge in [-0.3, -0.25) is 9.97 Å². The molecule has 0 unspecified atom stereocenters. The van der Waals surface area contributed by atoms with Crippen LogP contribution in [-0.2, 0) is 6.42 Å². The van der Waals surface area contributed by atoms with Crippen molar-refractivity contribution >= 4 is 27.5 Å². The van der Waals surface area contributed by atoms with E-state index in [1.807, 2.05) is 48.0 Å². The summed E-state index contributed by atoms with van der Waals surface area (Å²) in [6.07, 6.45) is 2.80. The van der Waals surface area contributed by atoms with Crippen LogP contribution in [0.3, 0.4) is 0 Å². The molecule has 4 heterocycles. The molecule has 0 spiro atoms. The number of rotatable bonds is 4. The van der Waals surface area contributed by atoms with Crippen LogP contribution in [0.25, 0.3) is 61.1 Å². The molecule has 7 rings (SSSR count). The monoisotopic (exact) mass is 491 g/mol. The van der Waals surface area contributed by atoms with E-state index in [2.05, 4.69) is 73.7 Å². The Labute approximate surface area is 220 Å². The van der Waals surface area contributed by atoms with E-state index in [4.69, 9.17) is 20.1 Å². The van der Waals surface area contributed by atoms with Crippen LogP contribution in [0.2, 0.25) is 0 Å². The van der Waals surface area contributed by atoms with Crippen molar-refractivity contribution < 1.29 is 0 Å². The largest absolute Gasteiger partial charge is 0.251 e. The van der Waals surface area contributed by atoms with E-state index in [9.17, 15) is 0 Å². The Morgan fingerprint density at radius 1 is 0.658 bits per heavy atom. The van der Waals surface area contributed by atoms with Gasteiger partial charge < -0.3 is 0 Å². The number of pyridine rings is 3. The van der Waals surface area contributed by atoms with Gasteiger partial charge in [0, 0.05) is 39.5 Å². The van der Waals surface area contributed by atoms with Crippen molar-refractivity contribution in [3.63, 3.8) is 0 Å². The van der Waals surface area contributed by atoms with Gasteiger partial charge >= 0.3 is 0 Å². The Hall–Kier alpha value is -4.90. The molecule has 3 aromatic carbocycles. The van der Waals surface area contributed by atoms with Crippen LogP contribution in [0.1, 0.15) is 18.3 Å². The summed E-state index contributed by atoms with van der Waals surface area (Å²) < 4.78 is 1.86. The zero-order valence-electron chi connectivity index (χ0n) is 21.3. The summed E-state index contributed by atoms with van der Waals surface area (Å²) in [5, 5.41) is 7.03. The van der Waals surface area contributed by atoms with Crippen molar-refractivity contribution in [1.29, 1.82) is 0 Å². The second kappa shape index (κ2) is 8.89. The number of hydrogen-bond donors (Lipinski definition) is 0. The van der Waals surface area contributed by atoms with Gasteiger partial charge in [0.15, 0.2) is 11.5 Å². The molecule has 38 heavy (non-hydrogen) atoms. The number of nitrogens with zero attached hydrogens (tertiary/aromatic N) is 5. The molecule has 5 heteroatoms. The topological polar surface area (TPSA) is 56.0 Å². The van der Waals surface area contributed by atoms with E-state index in [0.29, 0.717) is 5.82 Å². The van der Waals surface area contributed by atoms with Gasteiger partial charge in [0.1, 0.15) is 0 Å². The van der Waals surface area contributed by atoms with Gasteiger partial charge in [-0.15, -0.1) is 5.10 Å². The van der Waals surface area contributed by atoms with Crippen molar-refractivity contribution in [2.75, 3.05) is 0 Å². The Morgan fingerprint density at radius 3 is 2.34 bits per heavy atom. The van der Waals surface area contributed by atoms with Crippen LogP contribution in [0.5, 0.6) is 0 Å². The molecule has 0 radical (unpaired) electrons. The molecule has 0 amide bonds. The molecule has 0 atom stereocenters. The van der Waals surface area contributed by atoms with E-state index in [1.54, 1.807) is 0 Å². The average molecular weight is 492 g/mol. The lowest BCUT2D eigenvalue weighted by molar-refractivity contribution is 0.967. The molecule has 7 aromatic rings. The second-order valence-corrected chi connectivity index (χ2v) is 9.57. The van der Waals surface area contributed by atoms with Gasteiger partial charge in [-0.1, -0.05) is 73.7 Å². The summed E-state index contributed by atoms with van der Waals surface area (Å²) in [7, 11) is 0. The Kier molecular flexibility index (Phi) is 5.22. The van der Waals surface area contributed by atoms with Crippen molar-refractivity contribution in [1.82, 2.24) is 24.6 Å². The van der Waals surface area contributed by atoms with Gasteiger partial charge in [-0.05, 0) is 60.4 Å². The lowest BCUT2D eigenvalue weighted by Crippen LogP contribution is -1.95. The molecule has 0 aliphatic carbocycles. The molecule has 0 bridgehead atoms. The Morgan fingerprint density at radius 2 is 1.47 bits per heavy atom. The fourth-order valence-electron chi connectivity index (χ4n) is 5.14. The molecule has 0 saturated carbocycles. The summed E-state index contributed by atoms with van der Waals surface area (Å²) in [6, 6.07) is 33.6. The zero-order valence-corrected chi connectivity index (χ0v) is 21.3. The molecule has 0 fully saturated rings.